The van der Waals surface area contributed by atoms with E-state index in [1.807, 2.05) is 12.3 Å². The van der Waals surface area contributed by atoms with E-state index in [1.165, 1.54) is 10.9 Å². The van der Waals surface area contributed by atoms with Crippen molar-refractivity contribution in [2.24, 2.45) is 7.05 Å². The van der Waals surface area contributed by atoms with Crippen molar-refractivity contribution in [2.45, 2.75) is 19.8 Å². The van der Waals surface area contributed by atoms with E-state index in [2.05, 4.69) is 173 Å². The van der Waals surface area contributed by atoms with Crippen LogP contribution in [-0.2, 0) is 28.1 Å². The van der Waals surface area contributed by atoms with Crippen LogP contribution in [0.1, 0.15) is 25.3 Å². The molecule has 6 heteroatoms. The molecule has 0 bridgehead atoms. The van der Waals surface area contributed by atoms with Crippen LogP contribution in [0.4, 0.5) is 17.1 Å². The van der Waals surface area contributed by atoms with Crippen molar-refractivity contribution in [1.29, 1.82) is 0 Å². The number of benzene rings is 5. The third-order valence-electron chi connectivity index (χ3n) is 8.56. The second kappa shape index (κ2) is 12.1. The fraction of sp³-hybridized carbons (Fsp3) is 0.100. The Morgan fingerprint density at radius 1 is 0.696 bits per heavy atom. The first-order chi connectivity index (χ1) is 22.1. The largest absolute Gasteiger partial charge is 0.358 e. The summed E-state index contributed by atoms with van der Waals surface area (Å²) in [6.07, 6.45) is 4.03. The topological polar surface area (TPSA) is 30.9 Å². The summed E-state index contributed by atoms with van der Waals surface area (Å²) < 4.78 is 6.59. The van der Waals surface area contributed by atoms with E-state index in [4.69, 9.17) is 4.98 Å². The predicted molar refractivity (Wildman–Crippen MR) is 185 cm³/mol. The average molecular weight is 778 g/mol. The molecule has 0 unspecified atom stereocenters. The summed E-state index contributed by atoms with van der Waals surface area (Å²) in [7, 11) is 2.08. The Hall–Kier alpha value is -4.99. The minimum Gasteiger partial charge on any atom is -0.358 e. The number of para-hydroxylation sites is 4. The van der Waals surface area contributed by atoms with Crippen molar-refractivity contribution in [3.63, 3.8) is 0 Å². The second-order valence-corrected chi connectivity index (χ2v) is 11.7. The maximum absolute atomic E-state index is 4.85. The number of aryl methyl sites for hydroxylation is 1. The van der Waals surface area contributed by atoms with Crippen molar-refractivity contribution in [3.8, 4) is 11.5 Å². The van der Waals surface area contributed by atoms with Crippen LogP contribution >= 0.6 is 0 Å². The van der Waals surface area contributed by atoms with Gasteiger partial charge in [0, 0.05) is 63.3 Å². The number of rotatable bonds is 6. The molecule has 0 aliphatic carbocycles. The predicted octanol–water partition coefficient (Wildman–Crippen LogP) is 9.93. The Kier molecular flexibility index (Phi) is 7.80. The number of nitrogens with zero attached hydrogens (tertiary/aromatic N) is 5. The van der Waals surface area contributed by atoms with Crippen LogP contribution in [0.3, 0.4) is 0 Å². The van der Waals surface area contributed by atoms with Gasteiger partial charge in [-0.15, -0.1) is 29.7 Å². The van der Waals surface area contributed by atoms with Crippen LogP contribution in [0.2, 0.25) is 0 Å². The van der Waals surface area contributed by atoms with Crippen molar-refractivity contribution < 1.29 is 21.1 Å². The molecule has 0 fully saturated rings. The fourth-order valence-electron chi connectivity index (χ4n) is 6.32. The molecule has 5 nitrogen and oxygen atoms in total. The van der Waals surface area contributed by atoms with Gasteiger partial charge >= 0.3 is 0 Å². The van der Waals surface area contributed by atoms with Gasteiger partial charge < -0.3 is 9.47 Å². The van der Waals surface area contributed by atoms with Crippen LogP contribution in [0.15, 0.2) is 134 Å². The van der Waals surface area contributed by atoms with Crippen molar-refractivity contribution >= 4 is 49.9 Å². The second-order valence-electron chi connectivity index (χ2n) is 11.7. The molecule has 8 aromatic rings. The van der Waals surface area contributed by atoms with Crippen LogP contribution in [0.25, 0.3) is 44.3 Å². The van der Waals surface area contributed by atoms with Crippen LogP contribution < -0.4 is 4.90 Å². The smallest absolute Gasteiger partial charge is 0.188 e. The molecule has 228 valence electrons. The Morgan fingerprint density at radius 3 is 2.22 bits per heavy atom. The van der Waals surface area contributed by atoms with Gasteiger partial charge in [-0.05, 0) is 59.3 Å². The molecular formula is C40H32N5Pt-. The SMILES string of the molecule is CC(C)c1ccnc(-n2c3[c-]c(N(c4[c-]c(-n5[cH+]n(C)c6ccccc65)ccc4)c4ccccc4)ccc3c3ccccc32)c1.[Pt]. The first kappa shape index (κ1) is 29.7. The summed E-state index contributed by atoms with van der Waals surface area (Å²) in [6.45, 7) is 4.43. The summed E-state index contributed by atoms with van der Waals surface area (Å²) in [5.74, 6) is 1.29. The molecule has 0 atom stereocenters. The summed E-state index contributed by atoms with van der Waals surface area (Å²) in [5, 5.41) is 2.32. The maximum Gasteiger partial charge on any atom is 0.188 e. The van der Waals surface area contributed by atoms with Crippen LogP contribution in [-0.4, -0.2) is 18.7 Å². The quantitative estimate of drug-likeness (QED) is 0.158. The Balaban J connectivity index is 0.00000338. The third kappa shape index (κ3) is 5.01. The molecule has 0 amide bonds. The molecule has 0 aliphatic heterocycles. The Bertz CT molecular complexity index is 2330. The minimum atomic E-state index is 0. The summed E-state index contributed by atoms with van der Waals surface area (Å²) in [6, 6.07) is 50.0. The van der Waals surface area contributed by atoms with E-state index in [0.717, 1.165) is 56.0 Å². The maximum atomic E-state index is 4.85. The van der Waals surface area contributed by atoms with Crippen molar-refractivity contribution in [2.75, 3.05) is 4.90 Å². The molecule has 3 aromatic heterocycles. The summed E-state index contributed by atoms with van der Waals surface area (Å²) in [5.41, 5.74) is 9.51. The molecular weight excluding hydrogens is 746 g/mol. The molecule has 8 rings (SSSR count). The zero-order chi connectivity index (χ0) is 30.5. The van der Waals surface area contributed by atoms with E-state index in [9.17, 15) is 0 Å². The van der Waals surface area contributed by atoms with Gasteiger partial charge in [0.05, 0.1) is 0 Å². The van der Waals surface area contributed by atoms with Gasteiger partial charge in [-0.3, -0.25) is 0 Å². The van der Waals surface area contributed by atoms with Gasteiger partial charge in [-0.1, -0.05) is 73.2 Å². The number of fused-ring (bicyclic) bond motifs is 4. The van der Waals surface area contributed by atoms with Gasteiger partial charge in [0.15, 0.2) is 17.4 Å². The van der Waals surface area contributed by atoms with Gasteiger partial charge in [-0.2, -0.15) is 12.1 Å². The first-order valence-electron chi connectivity index (χ1n) is 15.3. The van der Waals surface area contributed by atoms with Gasteiger partial charge in [-0.25, -0.2) is 14.1 Å². The zero-order valence-corrected chi connectivity index (χ0v) is 28.1. The molecule has 0 aliphatic rings. The Labute approximate surface area is 283 Å². The molecule has 0 radical (unpaired) electrons. The number of anilines is 3. The number of hydrogen-bond donors (Lipinski definition) is 0. The number of hydrogen-bond acceptors (Lipinski definition) is 2. The van der Waals surface area contributed by atoms with E-state index in [-0.39, 0.29) is 21.1 Å². The number of aromatic nitrogens is 4. The molecule has 46 heavy (non-hydrogen) atoms. The van der Waals surface area contributed by atoms with Crippen LogP contribution in [0.5, 0.6) is 0 Å². The normalized spacial score (nSPS) is 11.4. The van der Waals surface area contributed by atoms with Crippen LogP contribution in [0, 0.1) is 12.1 Å². The third-order valence-corrected chi connectivity index (χ3v) is 8.56. The summed E-state index contributed by atoms with van der Waals surface area (Å²) in [4.78, 5) is 7.08. The first-order valence-corrected chi connectivity index (χ1v) is 15.3. The monoisotopic (exact) mass is 777 g/mol. The number of pyridine rings is 1. The van der Waals surface area contributed by atoms with Crippen molar-refractivity contribution in [1.82, 2.24) is 18.7 Å². The Morgan fingerprint density at radius 2 is 1.41 bits per heavy atom. The molecule has 0 saturated heterocycles. The molecule has 5 aromatic carbocycles. The average Bonchev–Trinajstić information content (AvgIpc) is 3.60. The van der Waals surface area contributed by atoms with Gasteiger partial charge in [0.2, 0.25) is 0 Å². The summed E-state index contributed by atoms with van der Waals surface area (Å²) >= 11 is 0. The minimum absolute atomic E-state index is 0. The molecule has 3 heterocycles. The molecule has 0 saturated carbocycles. The standard InChI is InChI=1S/C40H32N5.Pt/c1-28(2)29-22-23-41-40(24-29)45-36-17-8-7-16-34(36)35-21-20-33(26-39(35)45)44(30-12-5-4-6-13-30)32-15-11-14-31(25-32)43-27-42(3)37-18-9-10-19-38(37)43;/h4-24,27-28H,1-3H3;/q-1;. The van der Waals surface area contributed by atoms with E-state index in [0.29, 0.717) is 5.92 Å². The van der Waals surface area contributed by atoms with Crippen molar-refractivity contribution in [3.05, 3.63) is 152 Å². The van der Waals surface area contributed by atoms with E-state index in [1.54, 1.807) is 0 Å². The fourth-order valence-corrected chi connectivity index (χ4v) is 6.32. The zero-order valence-electron chi connectivity index (χ0n) is 25.8. The number of imidazole rings is 1. The molecule has 0 spiro atoms. The molecule has 0 N–H and O–H groups in total. The van der Waals surface area contributed by atoms with Gasteiger partial charge in [0.1, 0.15) is 5.82 Å². The van der Waals surface area contributed by atoms with E-state index >= 15 is 0 Å². The van der Waals surface area contributed by atoms with E-state index < -0.39 is 0 Å². The van der Waals surface area contributed by atoms with Gasteiger partial charge in [0.25, 0.3) is 0 Å².